The van der Waals surface area contributed by atoms with Gasteiger partial charge in [-0.2, -0.15) is 4.99 Å². The Morgan fingerprint density at radius 3 is 2.67 bits per heavy atom. The number of aromatic nitrogens is 1. The first-order chi connectivity index (χ1) is 11.6. The summed E-state index contributed by atoms with van der Waals surface area (Å²) in [4.78, 5) is 17.2. The van der Waals surface area contributed by atoms with Gasteiger partial charge in [0.1, 0.15) is 5.75 Å². The molecule has 0 atom stereocenters. The van der Waals surface area contributed by atoms with Gasteiger partial charge in [-0.3, -0.25) is 4.79 Å². The van der Waals surface area contributed by atoms with Crippen LogP contribution in [0.15, 0.2) is 47.5 Å². The van der Waals surface area contributed by atoms with Crippen LogP contribution >= 0.6 is 22.9 Å². The molecule has 0 saturated carbocycles. The Labute approximate surface area is 149 Å². The molecule has 124 valence electrons. The molecule has 1 heterocycles. The summed E-state index contributed by atoms with van der Waals surface area (Å²) in [6.07, 6.45) is 0.258. The zero-order valence-corrected chi connectivity index (χ0v) is 15.0. The summed E-state index contributed by atoms with van der Waals surface area (Å²) in [6, 6.07) is 13.2. The summed E-state index contributed by atoms with van der Waals surface area (Å²) in [5.41, 5.74) is 1.81. The molecule has 0 saturated heterocycles. The number of carbonyl (C=O) groups excluding carboxylic acids is 1. The van der Waals surface area contributed by atoms with Crippen LogP contribution in [-0.2, 0) is 18.3 Å². The number of aryl methyl sites for hydroxylation is 1. The van der Waals surface area contributed by atoms with Crippen LogP contribution in [0.4, 0.5) is 0 Å². The van der Waals surface area contributed by atoms with E-state index in [1.807, 2.05) is 61.0 Å². The van der Waals surface area contributed by atoms with E-state index >= 15 is 0 Å². The van der Waals surface area contributed by atoms with Crippen molar-refractivity contribution >= 4 is 39.1 Å². The lowest BCUT2D eigenvalue weighted by molar-refractivity contribution is -0.117. The maximum atomic E-state index is 12.3. The van der Waals surface area contributed by atoms with Crippen molar-refractivity contribution < 1.29 is 9.53 Å². The highest BCUT2D eigenvalue weighted by Crippen LogP contribution is 2.24. The molecular formula is C18H17ClN2O2S. The summed E-state index contributed by atoms with van der Waals surface area (Å²) in [5.74, 6) is 0.619. The molecule has 6 heteroatoms. The topological polar surface area (TPSA) is 43.6 Å². The van der Waals surface area contributed by atoms with E-state index in [2.05, 4.69) is 4.99 Å². The minimum Gasteiger partial charge on any atom is -0.494 e. The van der Waals surface area contributed by atoms with Gasteiger partial charge in [0.2, 0.25) is 0 Å². The molecule has 4 nitrogen and oxygen atoms in total. The highest BCUT2D eigenvalue weighted by Gasteiger charge is 2.08. The average Bonchev–Trinajstić information content (AvgIpc) is 2.87. The summed E-state index contributed by atoms with van der Waals surface area (Å²) in [7, 11) is 1.87. The molecule has 0 spiro atoms. The van der Waals surface area contributed by atoms with Crippen LogP contribution < -0.4 is 9.54 Å². The molecule has 0 radical (unpaired) electrons. The standard InChI is InChI=1S/C18H17ClN2O2S/c1-3-23-13-9-7-12(8-10-13)11-16(22)20-18-21(2)17-14(19)5-4-6-15(17)24-18/h4-10H,3,11H2,1-2H3. The number of hydrogen-bond donors (Lipinski definition) is 0. The van der Waals surface area contributed by atoms with Crippen LogP contribution in [0.25, 0.3) is 10.2 Å². The second-order valence-electron chi connectivity index (χ2n) is 5.29. The number of thiazole rings is 1. The summed E-state index contributed by atoms with van der Waals surface area (Å²) in [5, 5.41) is 0.659. The first kappa shape index (κ1) is 16.7. The van der Waals surface area contributed by atoms with Crippen molar-refractivity contribution in [1.29, 1.82) is 0 Å². The van der Waals surface area contributed by atoms with Crippen molar-refractivity contribution in [3.8, 4) is 5.75 Å². The summed E-state index contributed by atoms with van der Waals surface area (Å²) in [6.45, 7) is 2.56. The molecule has 24 heavy (non-hydrogen) atoms. The average molecular weight is 361 g/mol. The van der Waals surface area contributed by atoms with Gasteiger partial charge < -0.3 is 9.30 Å². The maximum absolute atomic E-state index is 12.3. The highest BCUT2D eigenvalue weighted by molar-refractivity contribution is 7.16. The van der Waals surface area contributed by atoms with Gasteiger partial charge in [-0.05, 0) is 36.8 Å². The Bertz CT molecular complexity index is 942. The van der Waals surface area contributed by atoms with E-state index in [0.29, 0.717) is 16.4 Å². The first-order valence-electron chi connectivity index (χ1n) is 7.62. The third kappa shape index (κ3) is 3.52. The van der Waals surface area contributed by atoms with Crippen molar-refractivity contribution in [3.63, 3.8) is 0 Å². The number of halogens is 1. The van der Waals surface area contributed by atoms with Gasteiger partial charge in [0.15, 0.2) is 4.80 Å². The number of carbonyl (C=O) groups is 1. The lowest BCUT2D eigenvalue weighted by atomic mass is 10.1. The van der Waals surface area contributed by atoms with E-state index in [0.717, 1.165) is 21.5 Å². The number of rotatable bonds is 4. The van der Waals surface area contributed by atoms with Crippen LogP contribution in [0.5, 0.6) is 5.75 Å². The Balaban J connectivity index is 1.84. The molecule has 1 amide bonds. The molecule has 0 bridgehead atoms. The Morgan fingerprint density at radius 2 is 2.00 bits per heavy atom. The smallest absolute Gasteiger partial charge is 0.252 e. The van der Waals surface area contributed by atoms with Crippen LogP contribution in [-0.4, -0.2) is 17.1 Å². The predicted octanol–water partition coefficient (Wildman–Crippen LogP) is 3.96. The maximum Gasteiger partial charge on any atom is 0.252 e. The zero-order chi connectivity index (χ0) is 17.1. The molecular weight excluding hydrogens is 344 g/mol. The minimum atomic E-state index is -0.183. The number of benzene rings is 2. The Hall–Kier alpha value is -2.11. The van der Waals surface area contributed by atoms with Gasteiger partial charge in [0.05, 0.1) is 28.3 Å². The Kier molecular flexibility index (Phi) is 5.02. The summed E-state index contributed by atoms with van der Waals surface area (Å²) < 4.78 is 8.27. The summed E-state index contributed by atoms with van der Waals surface area (Å²) >= 11 is 7.69. The van der Waals surface area contributed by atoms with Crippen molar-refractivity contribution in [2.75, 3.05) is 6.61 Å². The van der Waals surface area contributed by atoms with E-state index in [1.165, 1.54) is 11.3 Å². The molecule has 0 N–H and O–H groups in total. The second kappa shape index (κ2) is 7.20. The van der Waals surface area contributed by atoms with Gasteiger partial charge >= 0.3 is 0 Å². The first-order valence-corrected chi connectivity index (χ1v) is 8.81. The number of fused-ring (bicyclic) bond motifs is 1. The fourth-order valence-electron chi connectivity index (χ4n) is 2.45. The molecule has 0 fully saturated rings. The van der Waals surface area contributed by atoms with E-state index in [-0.39, 0.29) is 12.3 Å². The van der Waals surface area contributed by atoms with Crippen molar-refractivity contribution in [2.24, 2.45) is 12.0 Å². The Morgan fingerprint density at radius 1 is 1.25 bits per heavy atom. The highest BCUT2D eigenvalue weighted by atomic mass is 35.5. The van der Waals surface area contributed by atoms with Gasteiger partial charge in [-0.25, -0.2) is 0 Å². The predicted molar refractivity (Wildman–Crippen MR) is 97.7 cm³/mol. The third-order valence-corrected chi connectivity index (χ3v) is 4.99. The van der Waals surface area contributed by atoms with Crippen LogP contribution in [0.2, 0.25) is 5.02 Å². The molecule has 0 unspecified atom stereocenters. The molecule has 3 aromatic rings. The fraction of sp³-hybridized carbons (Fsp3) is 0.222. The number of hydrogen-bond acceptors (Lipinski definition) is 3. The van der Waals surface area contributed by atoms with E-state index in [1.54, 1.807) is 0 Å². The van der Waals surface area contributed by atoms with Crippen molar-refractivity contribution in [3.05, 3.63) is 57.9 Å². The third-order valence-electron chi connectivity index (χ3n) is 3.58. The second-order valence-corrected chi connectivity index (χ2v) is 6.71. The molecule has 0 aliphatic heterocycles. The van der Waals surface area contributed by atoms with E-state index in [4.69, 9.17) is 16.3 Å². The minimum absolute atomic E-state index is 0.183. The van der Waals surface area contributed by atoms with E-state index in [9.17, 15) is 4.79 Å². The lowest BCUT2D eigenvalue weighted by Crippen LogP contribution is -2.14. The van der Waals surface area contributed by atoms with Crippen LogP contribution in [0, 0.1) is 0 Å². The zero-order valence-electron chi connectivity index (χ0n) is 13.5. The fourth-order valence-corrected chi connectivity index (χ4v) is 3.87. The van der Waals surface area contributed by atoms with Gasteiger partial charge in [-0.1, -0.05) is 41.1 Å². The van der Waals surface area contributed by atoms with Gasteiger partial charge in [-0.15, -0.1) is 0 Å². The quantitative estimate of drug-likeness (QED) is 0.706. The lowest BCUT2D eigenvalue weighted by Gasteiger charge is -2.03. The van der Waals surface area contributed by atoms with Crippen LogP contribution in [0.1, 0.15) is 12.5 Å². The van der Waals surface area contributed by atoms with Gasteiger partial charge in [0, 0.05) is 7.05 Å². The molecule has 3 rings (SSSR count). The largest absolute Gasteiger partial charge is 0.494 e. The van der Waals surface area contributed by atoms with Crippen molar-refractivity contribution in [1.82, 2.24) is 4.57 Å². The number of ether oxygens (including phenoxy) is 1. The van der Waals surface area contributed by atoms with E-state index < -0.39 is 0 Å². The molecule has 1 aromatic heterocycles. The molecule has 0 aliphatic carbocycles. The number of nitrogens with zero attached hydrogens (tertiary/aromatic N) is 2. The number of para-hydroxylation sites is 1. The number of amides is 1. The molecule has 2 aromatic carbocycles. The van der Waals surface area contributed by atoms with Gasteiger partial charge in [0.25, 0.3) is 5.91 Å². The monoisotopic (exact) mass is 360 g/mol. The normalized spacial score (nSPS) is 11.9. The SMILES string of the molecule is CCOc1ccc(CC(=O)N=c2sc3cccc(Cl)c3n2C)cc1. The molecule has 0 aliphatic rings. The van der Waals surface area contributed by atoms with Crippen molar-refractivity contribution in [2.45, 2.75) is 13.3 Å². The van der Waals surface area contributed by atoms with Crippen LogP contribution in [0.3, 0.4) is 0 Å².